The van der Waals surface area contributed by atoms with Gasteiger partial charge in [0, 0.05) is 35.8 Å². The van der Waals surface area contributed by atoms with E-state index in [1.807, 2.05) is 35.2 Å². The Morgan fingerprint density at radius 2 is 1.64 bits per heavy atom. The number of carbonyl (C=O) groups excluding carboxylic acids is 2. The number of hydrogen-bond donors (Lipinski definition) is 1. The molecule has 28 heavy (non-hydrogen) atoms. The Balaban J connectivity index is 1.43. The lowest BCUT2D eigenvalue weighted by Gasteiger charge is -2.32. The van der Waals surface area contributed by atoms with Gasteiger partial charge in [0.1, 0.15) is 11.5 Å². The summed E-state index contributed by atoms with van der Waals surface area (Å²) >= 11 is 0. The smallest absolute Gasteiger partial charge is 0.254 e. The zero-order valence-corrected chi connectivity index (χ0v) is 16.1. The Bertz CT molecular complexity index is 861. The summed E-state index contributed by atoms with van der Waals surface area (Å²) < 4.78 is 10.6. The molecule has 0 spiro atoms. The van der Waals surface area contributed by atoms with Gasteiger partial charge in [0.15, 0.2) is 0 Å². The summed E-state index contributed by atoms with van der Waals surface area (Å²) in [5.41, 5.74) is 1.23. The van der Waals surface area contributed by atoms with Crippen molar-refractivity contribution in [1.82, 2.24) is 10.2 Å². The molecule has 6 heteroatoms. The zero-order chi connectivity index (χ0) is 19.7. The largest absolute Gasteiger partial charge is 0.497 e. The van der Waals surface area contributed by atoms with E-state index in [0.29, 0.717) is 29.2 Å². The number of ether oxygens (including phenoxy) is 2. The van der Waals surface area contributed by atoms with E-state index >= 15 is 0 Å². The van der Waals surface area contributed by atoms with Crippen molar-refractivity contribution in [3.05, 3.63) is 59.7 Å². The number of piperidine rings is 1. The van der Waals surface area contributed by atoms with Gasteiger partial charge in [-0.1, -0.05) is 18.2 Å². The molecule has 1 aliphatic heterocycles. The Morgan fingerprint density at radius 3 is 2.21 bits per heavy atom. The van der Waals surface area contributed by atoms with E-state index in [1.165, 1.54) is 0 Å². The van der Waals surface area contributed by atoms with E-state index in [1.54, 1.807) is 32.4 Å². The molecule has 0 unspecified atom stereocenters. The molecular formula is C22H24N2O4. The second-order valence-electron chi connectivity index (χ2n) is 7.39. The van der Waals surface area contributed by atoms with Gasteiger partial charge >= 0.3 is 0 Å². The van der Waals surface area contributed by atoms with Crippen LogP contribution in [0, 0.1) is 5.92 Å². The molecule has 1 saturated heterocycles. The second kappa shape index (κ2) is 7.54. The fraction of sp³-hybridized carbons (Fsp3) is 0.364. The first-order valence-electron chi connectivity index (χ1n) is 9.49. The van der Waals surface area contributed by atoms with Gasteiger partial charge in [0.25, 0.3) is 11.8 Å². The number of rotatable bonds is 5. The molecule has 3 atom stereocenters. The molecule has 1 heterocycles. The van der Waals surface area contributed by atoms with Gasteiger partial charge in [-0.15, -0.1) is 0 Å². The molecule has 2 amide bonds. The standard InChI is InChI=1S/C22H24N2O4/c1-27-18-9-15(10-19(12-18)28-2)22(26)24-13-16-8-17(24)11-20(16)23-21(25)14-6-4-3-5-7-14/h3-7,9-10,12,16-17,20H,8,11,13H2,1-2H3,(H,23,25)/t16-,17-,20-/m0/s1. The first-order valence-corrected chi connectivity index (χ1v) is 9.49. The molecule has 2 bridgehead atoms. The minimum atomic E-state index is -0.0476. The molecule has 1 saturated carbocycles. The summed E-state index contributed by atoms with van der Waals surface area (Å²) in [5, 5.41) is 3.15. The van der Waals surface area contributed by atoms with Crippen molar-refractivity contribution in [2.75, 3.05) is 20.8 Å². The Labute approximate surface area is 164 Å². The first-order chi connectivity index (χ1) is 13.6. The maximum atomic E-state index is 13.1. The number of fused-ring (bicyclic) bond motifs is 2. The maximum Gasteiger partial charge on any atom is 0.254 e. The van der Waals surface area contributed by atoms with Crippen molar-refractivity contribution < 1.29 is 19.1 Å². The highest BCUT2D eigenvalue weighted by Crippen LogP contribution is 2.39. The van der Waals surface area contributed by atoms with Crippen molar-refractivity contribution in [1.29, 1.82) is 0 Å². The molecule has 0 aromatic heterocycles. The number of nitrogens with one attached hydrogen (secondary N) is 1. The number of likely N-dealkylation sites (tertiary alicyclic amines) is 1. The van der Waals surface area contributed by atoms with Crippen LogP contribution in [0.5, 0.6) is 11.5 Å². The van der Waals surface area contributed by atoms with Crippen LogP contribution in [0.15, 0.2) is 48.5 Å². The predicted octanol–water partition coefficient (Wildman–Crippen LogP) is 2.74. The van der Waals surface area contributed by atoms with Gasteiger partial charge in [-0.05, 0) is 43.0 Å². The van der Waals surface area contributed by atoms with E-state index in [9.17, 15) is 9.59 Å². The molecule has 4 rings (SSSR count). The van der Waals surface area contributed by atoms with Crippen LogP contribution in [0.1, 0.15) is 33.6 Å². The number of hydrogen-bond acceptors (Lipinski definition) is 4. The van der Waals surface area contributed by atoms with Crippen molar-refractivity contribution in [3.8, 4) is 11.5 Å². The molecule has 2 aromatic rings. The van der Waals surface area contributed by atoms with E-state index in [0.717, 1.165) is 12.8 Å². The number of methoxy groups -OCH3 is 2. The third-order valence-corrected chi connectivity index (χ3v) is 5.75. The number of benzene rings is 2. The minimum absolute atomic E-state index is 0.0162. The van der Waals surface area contributed by atoms with Crippen LogP contribution < -0.4 is 14.8 Å². The van der Waals surface area contributed by atoms with Gasteiger partial charge in [-0.25, -0.2) is 0 Å². The zero-order valence-electron chi connectivity index (χ0n) is 16.1. The van der Waals surface area contributed by atoms with Crippen molar-refractivity contribution in [2.24, 2.45) is 5.92 Å². The monoisotopic (exact) mass is 380 g/mol. The Morgan fingerprint density at radius 1 is 0.964 bits per heavy atom. The average molecular weight is 380 g/mol. The van der Waals surface area contributed by atoms with E-state index < -0.39 is 0 Å². The van der Waals surface area contributed by atoms with E-state index in [2.05, 4.69) is 5.32 Å². The molecule has 2 aromatic carbocycles. The normalized spacial score (nSPS) is 22.8. The average Bonchev–Trinajstić information content (AvgIpc) is 3.33. The Kier molecular flexibility index (Phi) is 4.94. The predicted molar refractivity (Wildman–Crippen MR) is 105 cm³/mol. The third kappa shape index (κ3) is 3.42. The SMILES string of the molecule is COc1cc(OC)cc(C(=O)N2C[C@@H]3C[C@H]2C[C@@H]3NC(=O)c2ccccc2)c1. The highest BCUT2D eigenvalue weighted by atomic mass is 16.5. The quantitative estimate of drug-likeness (QED) is 0.866. The van der Waals surface area contributed by atoms with Crippen LogP contribution in [0.4, 0.5) is 0 Å². The number of amides is 2. The van der Waals surface area contributed by atoms with Crippen LogP contribution >= 0.6 is 0 Å². The van der Waals surface area contributed by atoms with Crippen molar-refractivity contribution in [2.45, 2.75) is 24.9 Å². The molecular weight excluding hydrogens is 356 g/mol. The highest BCUT2D eigenvalue weighted by Gasteiger charge is 2.47. The fourth-order valence-electron chi connectivity index (χ4n) is 4.32. The summed E-state index contributed by atoms with van der Waals surface area (Å²) in [7, 11) is 3.14. The summed E-state index contributed by atoms with van der Waals surface area (Å²) in [6.07, 6.45) is 1.71. The maximum absolute atomic E-state index is 13.1. The molecule has 2 fully saturated rings. The third-order valence-electron chi connectivity index (χ3n) is 5.75. The fourth-order valence-corrected chi connectivity index (χ4v) is 4.32. The van der Waals surface area contributed by atoms with E-state index in [-0.39, 0.29) is 29.8 Å². The van der Waals surface area contributed by atoms with Crippen molar-refractivity contribution in [3.63, 3.8) is 0 Å². The molecule has 1 aliphatic carbocycles. The van der Waals surface area contributed by atoms with Crippen LogP contribution in [0.3, 0.4) is 0 Å². The van der Waals surface area contributed by atoms with Crippen LogP contribution in [0.25, 0.3) is 0 Å². The molecule has 1 N–H and O–H groups in total. The topological polar surface area (TPSA) is 67.9 Å². The number of carbonyl (C=O) groups is 2. The van der Waals surface area contributed by atoms with Crippen LogP contribution in [-0.2, 0) is 0 Å². The molecule has 146 valence electrons. The summed E-state index contributed by atoms with van der Waals surface area (Å²) in [4.78, 5) is 27.4. The molecule has 6 nitrogen and oxygen atoms in total. The first kappa shape index (κ1) is 18.3. The Hall–Kier alpha value is -3.02. The molecule has 2 aliphatic rings. The highest BCUT2D eigenvalue weighted by molar-refractivity contribution is 5.96. The lowest BCUT2D eigenvalue weighted by atomic mass is 10.0. The van der Waals surface area contributed by atoms with Crippen molar-refractivity contribution >= 4 is 11.8 Å². The van der Waals surface area contributed by atoms with Gasteiger partial charge < -0.3 is 19.7 Å². The summed E-state index contributed by atoms with van der Waals surface area (Å²) in [6, 6.07) is 14.7. The lowest BCUT2D eigenvalue weighted by molar-refractivity contribution is 0.0679. The summed E-state index contributed by atoms with van der Waals surface area (Å²) in [5.74, 6) is 1.42. The second-order valence-corrected chi connectivity index (χ2v) is 7.39. The molecule has 0 radical (unpaired) electrons. The van der Waals surface area contributed by atoms with E-state index in [4.69, 9.17) is 9.47 Å². The van der Waals surface area contributed by atoms with Gasteiger partial charge in [0.2, 0.25) is 0 Å². The van der Waals surface area contributed by atoms with Crippen LogP contribution in [0.2, 0.25) is 0 Å². The van der Waals surface area contributed by atoms with Gasteiger partial charge in [-0.2, -0.15) is 0 Å². The van der Waals surface area contributed by atoms with Crippen LogP contribution in [-0.4, -0.2) is 49.6 Å². The van der Waals surface area contributed by atoms with Gasteiger partial charge in [-0.3, -0.25) is 9.59 Å². The lowest BCUT2D eigenvalue weighted by Crippen LogP contribution is -2.47. The summed E-state index contributed by atoms with van der Waals surface area (Å²) in [6.45, 7) is 0.656. The number of nitrogens with zero attached hydrogens (tertiary/aromatic N) is 1. The minimum Gasteiger partial charge on any atom is -0.497 e. The van der Waals surface area contributed by atoms with Gasteiger partial charge in [0.05, 0.1) is 14.2 Å².